The number of hydrogen-bond donors (Lipinski definition) is 0. The number of aromatic nitrogens is 5. The summed E-state index contributed by atoms with van der Waals surface area (Å²) in [7, 11) is 3.44. The molecule has 1 aromatic carbocycles. The van der Waals surface area contributed by atoms with Crippen molar-refractivity contribution in [3.8, 4) is 22.8 Å². The van der Waals surface area contributed by atoms with Gasteiger partial charge in [0, 0.05) is 60.1 Å². The highest BCUT2D eigenvalue weighted by Gasteiger charge is 2.15. The summed E-state index contributed by atoms with van der Waals surface area (Å²) >= 11 is 6.53. The Morgan fingerprint density at radius 1 is 1.11 bits per heavy atom. The molecule has 0 unspecified atom stereocenters. The minimum absolute atomic E-state index is 0.183. The van der Waals surface area contributed by atoms with Gasteiger partial charge in [-0.25, -0.2) is 4.98 Å². The van der Waals surface area contributed by atoms with Gasteiger partial charge in [-0.3, -0.25) is 14.5 Å². The minimum Gasteiger partial charge on any atom is -0.497 e. The van der Waals surface area contributed by atoms with Gasteiger partial charge in [0.25, 0.3) is 5.56 Å². The molecular weight excluding hydrogens is 478 g/mol. The summed E-state index contributed by atoms with van der Waals surface area (Å²) < 4.78 is 14.8. The Morgan fingerprint density at radius 3 is 2.72 bits per heavy atom. The number of hydrogen-bond acceptors (Lipinski definition) is 6. The average molecular weight is 502 g/mol. The van der Waals surface area contributed by atoms with Crippen LogP contribution in [0.2, 0.25) is 5.02 Å². The van der Waals surface area contributed by atoms with Crippen LogP contribution in [0, 0.1) is 6.92 Å². The van der Waals surface area contributed by atoms with E-state index in [2.05, 4.69) is 10.1 Å². The van der Waals surface area contributed by atoms with Crippen LogP contribution in [0.1, 0.15) is 16.8 Å². The molecule has 0 aliphatic carbocycles. The fourth-order valence-electron chi connectivity index (χ4n) is 4.20. The van der Waals surface area contributed by atoms with E-state index in [0.29, 0.717) is 23.1 Å². The first-order valence-corrected chi connectivity index (χ1v) is 11.7. The van der Waals surface area contributed by atoms with Crippen LogP contribution >= 0.6 is 11.6 Å². The van der Waals surface area contributed by atoms with Crippen LogP contribution in [-0.2, 0) is 20.2 Å². The molecule has 0 bridgehead atoms. The number of benzene rings is 1. The molecule has 4 heterocycles. The molecule has 0 aliphatic heterocycles. The summed E-state index contributed by atoms with van der Waals surface area (Å²) in [6.07, 6.45) is 6.74. The van der Waals surface area contributed by atoms with Crippen molar-refractivity contribution in [2.45, 2.75) is 20.1 Å². The van der Waals surface area contributed by atoms with E-state index in [9.17, 15) is 4.79 Å². The van der Waals surface area contributed by atoms with Gasteiger partial charge in [-0.15, -0.1) is 0 Å². The molecule has 36 heavy (non-hydrogen) atoms. The number of aryl methyl sites for hydroxylation is 2. The average Bonchev–Trinajstić information content (AvgIpc) is 3.30. The van der Waals surface area contributed by atoms with Gasteiger partial charge >= 0.3 is 0 Å². The Kier molecular flexibility index (Phi) is 6.43. The summed E-state index contributed by atoms with van der Waals surface area (Å²) in [5, 5.41) is 5.74. The number of halogens is 1. The molecule has 0 radical (unpaired) electrons. The van der Waals surface area contributed by atoms with Gasteiger partial charge in [-0.2, -0.15) is 5.10 Å². The van der Waals surface area contributed by atoms with Crippen LogP contribution in [0.5, 0.6) is 11.5 Å². The molecule has 0 atom stereocenters. The van der Waals surface area contributed by atoms with Crippen LogP contribution in [0.25, 0.3) is 22.2 Å². The SMILES string of the molecule is COc1ccn(Cc2cncc(Cl)c2COc2cccc3c(-c4ccnn4C)cc(C)nc23)c(=O)c1. The molecule has 0 spiro atoms. The molecule has 4 aromatic heterocycles. The van der Waals surface area contributed by atoms with Crippen LogP contribution in [0.15, 0.2) is 72.0 Å². The fourth-order valence-corrected chi connectivity index (χ4v) is 4.43. The van der Waals surface area contributed by atoms with Gasteiger partial charge in [0.05, 0.1) is 24.4 Å². The lowest BCUT2D eigenvalue weighted by atomic mass is 10.0. The Morgan fingerprint density at radius 2 is 1.97 bits per heavy atom. The lowest BCUT2D eigenvalue weighted by Crippen LogP contribution is -2.20. The Hall–Kier alpha value is -4.17. The normalized spacial score (nSPS) is 11.1. The van der Waals surface area contributed by atoms with Gasteiger partial charge in [-0.1, -0.05) is 23.7 Å². The molecule has 182 valence electrons. The third kappa shape index (κ3) is 4.55. The van der Waals surface area contributed by atoms with Gasteiger partial charge in [-0.05, 0) is 36.8 Å². The zero-order valence-electron chi connectivity index (χ0n) is 20.1. The van der Waals surface area contributed by atoms with Gasteiger partial charge in [0.2, 0.25) is 0 Å². The molecule has 0 saturated carbocycles. The lowest BCUT2D eigenvalue weighted by Gasteiger charge is -2.16. The summed E-state index contributed by atoms with van der Waals surface area (Å²) in [5.41, 5.74) is 5.01. The predicted octanol–water partition coefficient (Wildman–Crippen LogP) is 4.79. The molecule has 0 saturated heterocycles. The molecule has 9 heteroatoms. The molecule has 0 fully saturated rings. The molecule has 8 nitrogen and oxygen atoms in total. The number of para-hydroxylation sites is 1. The first-order chi connectivity index (χ1) is 17.4. The molecule has 0 aliphatic rings. The van der Waals surface area contributed by atoms with E-state index in [0.717, 1.165) is 39.0 Å². The Labute approximate surface area is 212 Å². The lowest BCUT2D eigenvalue weighted by molar-refractivity contribution is 0.307. The zero-order chi connectivity index (χ0) is 25.2. The van der Waals surface area contributed by atoms with Gasteiger partial charge in [0.15, 0.2) is 0 Å². The third-order valence-corrected chi connectivity index (χ3v) is 6.36. The molecule has 0 N–H and O–H groups in total. The summed E-state index contributed by atoms with van der Waals surface area (Å²) in [6.45, 7) is 2.45. The van der Waals surface area contributed by atoms with E-state index in [-0.39, 0.29) is 12.2 Å². The quantitative estimate of drug-likeness (QED) is 0.319. The second kappa shape index (κ2) is 9.83. The maximum absolute atomic E-state index is 12.5. The van der Waals surface area contributed by atoms with E-state index in [1.165, 1.54) is 13.2 Å². The van der Waals surface area contributed by atoms with Crippen molar-refractivity contribution < 1.29 is 9.47 Å². The first kappa shape index (κ1) is 23.6. The number of pyridine rings is 3. The number of rotatable bonds is 7. The Bertz CT molecular complexity index is 1630. The van der Waals surface area contributed by atoms with Crippen molar-refractivity contribution in [3.05, 3.63) is 99.4 Å². The molecule has 0 amide bonds. The van der Waals surface area contributed by atoms with E-state index >= 15 is 0 Å². The Balaban J connectivity index is 1.49. The minimum atomic E-state index is -0.183. The van der Waals surface area contributed by atoms with E-state index in [4.69, 9.17) is 26.1 Å². The molecule has 5 rings (SSSR count). The number of fused-ring (bicyclic) bond motifs is 1. The topological polar surface area (TPSA) is 84.1 Å². The first-order valence-electron chi connectivity index (χ1n) is 11.3. The van der Waals surface area contributed by atoms with Crippen molar-refractivity contribution in [3.63, 3.8) is 0 Å². The summed E-state index contributed by atoms with van der Waals surface area (Å²) in [6, 6.07) is 13.1. The van der Waals surface area contributed by atoms with Crippen LogP contribution in [0.4, 0.5) is 0 Å². The van der Waals surface area contributed by atoms with Crippen molar-refractivity contribution >= 4 is 22.5 Å². The molecule has 5 aromatic rings. The number of methoxy groups -OCH3 is 1. The smallest absolute Gasteiger partial charge is 0.254 e. The van der Waals surface area contributed by atoms with Crippen molar-refractivity contribution in [2.75, 3.05) is 7.11 Å². The predicted molar refractivity (Wildman–Crippen MR) is 139 cm³/mol. The highest BCUT2D eigenvalue weighted by atomic mass is 35.5. The van der Waals surface area contributed by atoms with E-state index < -0.39 is 0 Å². The van der Waals surface area contributed by atoms with Gasteiger partial charge < -0.3 is 14.0 Å². The van der Waals surface area contributed by atoms with Crippen LogP contribution < -0.4 is 15.0 Å². The largest absolute Gasteiger partial charge is 0.497 e. The maximum Gasteiger partial charge on any atom is 0.254 e. The van der Waals surface area contributed by atoms with Gasteiger partial charge in [0.1, 0.15) is 23.6 Å². The summed E-state index contributed by atoms with van der Waals surface area (Å²) in [5.74, 6) is 1.15. The summed E-state index contributed by atoms with van der Waals surface area (Å²) in [4.78, 5) is 21.5. The maximum atomic E-state index is 12.5. The highest BCUT2D eigenvalue weighted by molar-refractivity contribution is 6.31. The molecular formula is C27H24ClN5O3. The van der Waals surface area contributed by atoms with Crippen molar-refractivity contribution in [1.29, 1.82) is 0 Å². The monoisotopic (exact) mass is 501 g/mol. The number of ether oxygens (including phenoxy) is 2. The zero-order valence-corrected chi connectivity index (χ0v) is 20.9. The third-order valence-electron chi connectivity index (χ3n) is 6.04. The van der Waals surface area contributed by atoms with Crippen molar-refractivity contribution in [2.24, 2.45) is 7.05 Å². The second-order valence-electron chi connectivity index (χ2n) is 8.38. The van der Waals surface area contributed by atoms with Crippen LogP contribution in [0.3, 0.4) is 0 Å². The second-order valence-corrected chi connectivity index (χ2v) is 8.79. The van der Waals surface area contributed by atoms with E-state index in [1.54, 1.807) is 35.4 Å². The van der Waals surface area contributed by atoms with E-state index in [1.807, 2.05) is 49.0 Å². The standard InChI is InChI=1S/C27H24ClN5O3/c1-17-11-21(24-7-9-30-32(24)2)20-5-4-6-25(27(20)31-17)36-16-22-18(13-29-14-23(22)28)15-33-10-8-19(35-3)12-26(33)34/h4-14H,15-16H2,1-3H3. The van der Waals surface area contributed by atoms with Crippen molar-refractivity contribution in [1.82, 2.24) is 24.3 Å². The van der Waals surface area contributed by atoms with Crippen LogP contribution in [-0.4, -0.2) is 31.4 Å². The highest BCUT2D eigenvalue weighted by Crippen LogP contribution is 2.33. The number of nitrogens with zero attached hydrogens (tertiary/aromatic N) is 5. The fraction of sp³-hybridized carbons (Fsp3) is 0.185.